The fourth-order valence-corrected chi connectivity index (χ4v) is 7.66. The van der Waals surface area contributed by atoms with E-state index < -0.39 is 0 Å². The zero-order chi connectivity index (χ0) is 44.0. The van der Waals surface area contributed by atoms with E-state index in [-0.39, 0.29) is 5.41 Å². The van der Waals surface area contributed by atoms with Gasteiger partial charge in [0, 0.05) is 34.2 Å². The minimum atomic E-state index is -0.244. The molecule has 0 saturated carbocycles. The van der Waals surface area contributed by atoms with Gasteiger partial charge in [-0.05, 0) is 71.3 Å². The topological polar surface area (TPSA) is 74.2 Å². The van der Waals surface area contributed by atoms with Gasteiger partial charge in [-0.1, -0.05) is 209 Å². The lowest BCUT2D eigenvalue weighted by Crippen LogP contribution is -2.19. The number of rotatable bonds is 9. The first-order chi connectivity index (χ1) is 30.8. The number of aliphatic imine (C=N–C) groups is 6. The first kappa shape index (κ1) is 43.6. The maximum atomic E-state index is 5.00. The van der Waals surface area contributed by atoms with Crippen molar-refractivity contribution in [2.24, 2.45) is 35.9 Å². The Morgan fingerprint density at radius 3 is 1.76 bits per heavy atom. The van der Waals surface area contributed by atoms with Crippen LogP contribution in [0.5, 0.6) is 0 Å². The summed E-state index contributed by atoms with van der Waals surface area (Å²) in [4.78, 5) is 28.0. The van der Waals surface area contributed by atoms with Crippen molar-refractivity contribution in [3.8, 4) is 0 Å². The summed E-state index contributed by atoms with van der Waals surface area (Å²) in [5.74, 6) is 3.04. The molecule has 7 aromatic carbocycles. The first-order valence-electron chi connectivity index (χ1n) is 21.5. The average molecular weight is 823 g/mol. The van der Waals surface area contributed by atoms with Gasteiger partial charge in [0.25, 0.3) is 0 Å². The van der Waals surface area contributed by atoms with Gasteiger partial charge in [0.05, 0.1) is 6.54 Å². The molecule has 0 N–H and O–H groups in total. The highest BCUT2D eigenvalue weighted by Gasteiger charge is 2.23. The molecular weight excluding hydrogens is 769 g/mol. The molecule has 63 heavy (non-hydrogen) atoms. The lowest BCUT2D eigenvalue weighted by molar-refractivity contribution is 0.640. The minimum absolute atomic E-state index is 0.244. The Morgan fingerprint density at radius 1 is 0.556 bits per heavy atom. The summed E-state index contributed by atoms with van der Waals surface area (Å²) >= 11 is 0. The molecule has 1 atom stereocenters. The summed E-state index contributed by atoms with van der Waals surface area (Å²) in [7, 11) is 0. The van der Waals surface area contributed by atoms with Gasteiger partial charge in [-0.2, -0.15) is 0 Å². The van der Waals surface area contributed by atoms with E-state index in [1.807, 2.05) is 91.9 Å². The molecule has 0 spiro atoms. The van der Waals surface area contributed by atoms with Crippen LogP contribution in [0.2, 0.25) is 0 Å². The van der Waals surface area contributed by atoms with E-state index in [1.54, 1.807) is 0 Å². The van der Waals surface area contributed by atoms with Crippen LogP contribution < -0.4 is 0 Å². The van der Waals surface area contributed by atoms with Crippen molar-refractivity contribution in [2.75, 3.05) is 6.54 Å². The van der Waals surface area contributed by atoms with E-state index >= 15 is 0 Å². The van der Waals surface area contributed by atoms with Crippen molar-refractivity contribution in [3.05, 3.63) is 232 Å². The van der Waals surface area contributed by atoms with Crippen LogP contribution >= 0.6 is 0 Å². The molecule has 0 saturated heterocycles. The second-order valence-corrected chi connectivity index (χ2v) is 16.0. The molecule has 6 nitrogen and oxygen atoms in total. The zero-order valence-electron chi connectivity index (χ0n) is 36.7. The smallest absolute Gasteiger partial charge is 0.161 e. The third kappa shape index (κ3) is 10.9. The van der Waals surface area contributed by atoms with E-state index in [9.17, 15) is 0 Å². The molecular formula is C57H54N6. The zero-order valence-corrected chi connectivity index (χ0v) is 36.7. The van der Waals surface area contributed by atoms with Crippen molar-refractivity contribution < 1.29 is 0 Å². The minimum Gasteiger partial charge on any atom is -0.266 e. The maximum Gasteiger partial charge on any atom is 0.161 e. The third-order valence-corrected chi connectivity index (χ3v) is 11.3. The van der Waals surface area contributed by atoms with Gasteiger partial charge in [-0.3, -0.25) is 9.98 Å². The second-order valence-electron chi connectivity index (χ2n) is 16.0. The molecule has 0 amide bonds. The Hall–Kier alpha value is -7.44. The molecule has 7 aromatic rings. The number of fused-ring (bicyclic) bond motifs is 2. The van der Waals surface area contributed by atoms with Crippen LogP contribution in [-0.2, 0) is 18.4 Å². The van der Waals surface area contributed by atoms with Gasteiger partial charge in [0.2, 0.25) is 0 Å². The lowest BCUT2D eigenvalue weighted by Gasteiger charge is -2.26. The van der Waals surface area contributed by atoms with Crippen molar-refractivity contribution in [3.63, 3.8) is 0 Å². The van der Waals surface area contributed by atoms with Crippen LogP contribution in [-0.4, -0.2) is 43.3 Å². The Balaban J connectivity index is 0.000000467. The molecule has 0 radical (unpaired) electrons. The molecule has 8 rings (SSSR count). The van der Waals surface area contributed by atoms with E-state index in [2.05, 4.69) is 152 Å². The average Bonchev–Trinajstić information content (AvgIpc) is 3.33. The molecule has 312 valence electrons. The van der Waals surface area contributed by atoms with Crippen LogP contribution in [0.4, 0.5) is 0 Å². The molecule has 0 heterocycles. The summed E-state index contributed by atoms with van der Waals surface area (Å²) in [6.07, 6.45) is 5.71. The number of allylic oxidation sites excluding steroid dienone is 1. The van der Waals surface area contributed by atoms with Crippen molar-refractivity contribution in [1.82, 2.24) is 0 Å². The summed E-state index contributed by atoms with van der Waals surface area (Å²) in [6.45, 7) is 17.4. The van der Waals surface area contributed by atoms with Crippen molar-refractivity contribution in [1.29, 1.82) is 0 Å². The molecule has 6 heteroatoms. The Labute approximate surface area is 372 Å². The van der Waals surface area contributed by atoms with Crippen molar-refractivity contribution in [2.45, 2.75) is 46.1 Å². The lowest BCUT2D eigenvalue weighted by atomic mass is 9.78. The van der Waals surface area contributed by atoms with Gasteiger partial charge in [-0.15, -0.1) is 0 Å². The van der Waals surface area contributed by atoms with Gasteiger partial charge in [0.1, 0.15) is 0 Å². The van der Waals surface area contributed by atoms with Crippen molar-refractivity contribution >= 4 is 53.6 Å². The molecule has 1 aliphatic rings. The van der Waals surface area contributed by atoms with Gasteiger partial charge in [0.15, 0.2) is 23.3 Å². The molecule has 0 aromatic heterocycles. The molecule has 0 aliphatic heterocycles. The monoisotopic (exact) mass is 822 g/mol. The molecule has 0 fully saturated rings. The predicted molar refractivity (Wildman–Crippen MR) is 270 cm³/mol. The number of hydrogen-bond acceptors (Lipinski definition) is 2. The van der Waals surface area contributed by atoms with E-state index in [4.69, 9.17) is 15.0 Å². The number of benzene rings is 7. The highest BCUT2D eigenvalue weighted by atomic mass is 15.0. The summed E-state index contributed by atoms with van der Waals surface area (Å²) in [5, 5.41) is 2.19. The summed E-state index contributed by atoms with van der Waals surface area (Å²) in [6, 6.07) is 60.0. The fraction of sp³-hybridized carbons (Fsp3) is 0.158. The highest BCUT2D eigenvalue weighted by molar-refractivity contribution is 6.17. The molecule has 0 bridgehead atoms. The Morgan fingerprint density at radius 2 is 1.10 bits per heavy atom. The summed E-state index contributed by atoms with van der Waals surface area (Å²) in [5.41, 5.74) is 9.77. The van der Waals surface area contributed by atoms with E-state index in [0.29, 0.717) is 42.3 Å². The normalized spacial score (nSPS) is 14.4. The largest absolute Gasteiger partial charge is 0.266 e. The first-order valence-corrected chi connectivity index (χ1v) is 21.5. The number of hydrogen-bond donors (Lipinski definition) is 0. The van der Waals surface area contributed by atoms with Crippen LogP contribution in [0, 0.1) is 5.92 Å². The van der Waals surface area contributed by atoms with E-state index in [1.165, 1.54) is 28.7 Å². The van der Waals surface area contributed by atoms with Gasteiger partial charge in [-0.25, -0.2) is 20.0 Å². The van der Waals surface area contributed by atoms with Crippen LogP contribution in [0.1, 0.15) is 77.8 Å². The fourth-order valence-electron chi connectivity index (χ4n) is 7.66. The number of nitrogens with zero attached hydrogens (tertiary/aromatic N) is 6. The second kappa shape index (κ2) is 20.9. The van der Waals surface area contributed by atoms with Gasteiger partial charge < -0.3 is 0 Å². The van der Waals surface area contributed by atoms with E-state index in [0.717, 1.165) is 38.6 Å². The van der Waals surface area contributed by atoms with Crippen LogP contribution in [0.15, 0.2) is 212 Å². The Kier molecular flexibility index (Phi) is 14.5. The molecule has 1 unspecified atom stereocenters. The highest BCUT2D eigenvalue weighted by Crippen LogP contribution is 2.32. The van der Waals surface area contributed by atoms with Crippen LogP contribution in [0.25, 0.3) is 16.8 Å². The number of amidine groups is 4. The predicted octanol–water partition coefficient (Wildman–Crippen LogP) is 13.1. The SMILES string of the molecule is C=NC(=NC(=NCC)c1ccc(C(C)(C)c2ccc(CN=C(N=C(N=C)c3cccc4ccccc34)c3ccccc3)cc2)cc1)c1ccccc1.CC1C=Cc2ccccc2C1. The molecule has 1 aliphatic carbocycles. The third-order valence-electron chi connectivity index (χ3n) is 11.3. The Bertz CT molecular complexity index is 2810. The maximum absolute atomic E-state index is 5.00. The quantitative estimate of drug-likeness (QED) is 0.103. The standard InChI is InChI=1S/C46H42N6.C11H12/c1-6-49-43(51-42(47-4)35-17-9-7-10-18-35)37-26-30-39(31-27-37)46(2,3)38-28-24-33(25-29-38)32-50-44(36-19-11-8-12-20-36)52-45(48-5)41-23-15-21-34-16-13-14-22-40(34)41;1-9-6-7-10-4-2-3-5-11(10)8-9/h7-31H,4-6,32H2,1-3H3;2-7,9H,8H2,1H3. The van der Waals surface area contributed by atoms with Gasteiger partial charge >= 0.3 is 0 Å². The summed E-state index contributed by atoms with van der Waals surface area (Å²) < 4.78 is 0. The van der Waals surface area contributed by atoms with Crippen LogP contribution in [0.3, 0.4) is 0 Å².